The molecule has 0 saturated heterocycles. The lowest BCUT2D eigenvalue weighted by Gasteiger charge is -2.08. The van der Waals surface area contributed by atoms with Crippen LogP contribution in [-0.2, 0) is 13.0 Å². The minimum Gasteiger partial charge on any atom is -0.352 e. The molecule has 0 radical (unpaired) electrons. The SMILES string of the molecule is Cc1ccccc1CCNC(=O)c1ccc(CN)cc1. The maximum atomic E-state index is 12.0. The van der Waals surface area contributed by atoms with E-state index >= 15 is 0 Å². The van der Waals surface area contributed by atoms with E-state index < -0.39 is 0 Å². The molecule has 0 spiro atoms. The first-order valence-corrected chi connectivity index (χ1v) is 6.82. The first-order chi connectivity index (χ1) is 9.70. The molecule has 0 bridgehead atoms. The molecular formula is C17H20N2O. The van der Waals surface area contributed by atoms with Gasteiger partial charge in [0.05, 0.1) is 0 Å². The summed E-state index contributed by atoms with van der Waals surface area (Å²) in [5, 5.41) is 2.94. The van der Waals surface area contributed by atoms with Crippen LogP contribution in [0.1, 0.15) is 27.0 Å². The summed E-state index contributed by atoms with van der Waals surface area (Å²) in [4.78, 5) is 12.0. The molecule has 0 saturated carbocycles. The fraction of sp³-hybridized carbons (Fsp3) is 0.235. The molecule has 3 nitrogen and oxygen atoms in total. The second-order valence-electron chi connectivity index (χ2n) is 4.83. The number of hydrogen-bond acceptors (Lipinski definition) is 2. The Morgan fingerprint density at radius 1 is 1.10 bits per heavy atom. The van der Waals surface area contributed by atoms with Gasteiger partial charge in [-0.3, -0.25) is 4.79 Å². The zero-order valence-electron chi connectivity index (χ0n) is 11.7. The minimum atomic E-state index is -0.0397. The van der Waals surface area contributed by atoms with Crippen molar-refractivity contribution < 1.29 is 4.79 Å². The summed E-state index contributed by atoms with van der Waals surface area (Å²) in [5.41, 5.74) is 9.76. The van der Waals surface area contributed by atoms with Crippen LogP contribution in [0.5, 0.6) is 0 Å². The lowest BCUT2D eigenvalue weighted by molar-refractivity contribution is 0.0954. The average Bonchev–Trinajstić information content (AvgIpc) is 2.49. The van der Waals surface area contributed by atoms with E-state index in [-0.39, 0.29) is 5.91 Å². The third-order valence-corrected chi connectivity index (χ3v) is 3.39. The Kier molecular flexibility index (Phi) is 4.91. The topological polar surface area (TPSA) is 55.1 Å². The summed E-state index contributed by atoms with van der Waals surface area (Å²) in [6, 6.07) is 15.6. The van der Waals surface area contributed by atoms with Crippen molar-refractivity contribution in [2.45, 2.75) is 19.9 Å². The lowest BCUT2D eigenvalue weighted by Crippen LogP contribution is -2.25. The Balaban J connectivity index is 1.87. The predicted molar refractivity (Wildman–Crippen MR) is 81.5 cm³/mol. The minimum absolute atomic E-state index is 0.0397. The fourth-order valence-electron chi connectivity index (χ4n) is 2.10. The zero-order chi connectivity index (χ0) is 14.4. The molecule has 0 fully saturated rings. The number of carbonyl (C=O) groups is 1. The zero-order valence-corrected chi connectivity index (χ0v) is 11.7. The van der Waals surface area contributed by atoms with Crippen LogP contribution in [0.3, 0.4) is 0 Å². The molecule has 0 aliphatic heterocycles. The van der Waals surface area contributed by atoms with Crippen molar-refractivity contribution in [2.75, 3.05) is 6.54 Å². The first-order valence-electron chi connectivity index (χ1n) is 6.82. The summed E-state index contributed by atoms with van der Waals surface area (Å²) >= 11 is 0. The summed E-state index contributed by atoms with van der Waals surface area (Å²) in [6.07, 6.45) is 0.847. The van der Waals surface area contributed by atoms with E-state index in [1.807, 2.05) is 36.4 Å². The van der Waals surface area contributed by atoms with Gasteiger partial charge in [-0.05, 0) is 42.2 Å². The van der Waals surface area contributed by atoms with Crippen LogP contribution in [0.15, 0.2) is 48.5 Å². The first kappa shape index (κ1) is 14.3. The molecule has 3 N–H and O–H groups in total. The van der Waals surface area contributed by atoms with Crippen molar-refractivity contribution in [1.29, 1.82) is 0 Å². The lowest BCUT2D eigenvalue weighted by atomic mass is 10.1. The Morgan fingerprint density at radius 3 is 2.45 bits per heavy atom. The van der Waals surface area contributed by atoms with Crippen molar-refractivity contribution in [3.05, 3.63) is 70.8 Å². The highest BCUT2D eigenvalue weighted by atomic mass is 16.1. The quantitative estimate of drug-likeness (QED) is 0.875. The Labute approximate surface area is 119 Å². The van der Waals surface area contributed by atoms with Gasteiger partial charge in [0.25, 0.3) is 5.91 Å². The Bertz CT molecular complexity index is 576. The largest absolute Gasteiger partial charge is 0.352 e. The normalized spacial score (nSPS) is 10.3. The van der Waals surface area contributed by atoms with Gasteiger partial charge in [-0.15, -0.1) is 0 Å². The molecule has 0 unspecified atom stereocenters. The number of aryl methyl sites for hydroxylation is 1. The smallest absolute Gasteiger partial charge is 0.251 e. The van der Waals surface area contributed by atoms with Gasteiger partial charge in [0.15, 0.2) is 0 Å². The van der Waals surface area contributed by atoms with Crippen molar-refractivity contribution in [2.24, 2.45) is 5.73 Å². The molecule has 2 aromatic rings. The summed E-state index contributed by atoms with van der Waals surface area (Å²) < 4.78 is 0. The average molecular weight is 268 g/mol. The predicted octanol–water partition coefficient (Wildman–Crippen LogP) is 2.43. The van der Waals surface area contributed by atoms with E-state index in [0.717, 1.165) is 12.0 Å². The van der Waals surface area contributed by atoms with Gasteiger partial charge in [-0.2, -0.15) is 0 Å². The van der Waals surface area contributed by atoms with Crippen LogP contribution in [0.4, 0.5) is 0 Å². The molecule has 0 aliphatic carbocycles. The number of nitrogens with one attached hydrogen (secondary N) is 1. The van der Waals surface area contributed by atoms with Gasteiger partial charge in [0.2, 0.25) is 0 Å². The van der Waals surface area contributed by atoms with E-state index in [9.17, 15) is 4.79 Å². The van der Waals surface area contributed by atoms with Crippen molar-refractivity contribution in [1.82, 2.24) is 5.32 Å². The van der Waals surface area contributed by atoms with Crippen LogP contribution in [0, 0.1) is 6.92 Å². The molecule has 104 valence electrons. The van der Waals surface area contributed by atoms with Crippen LogP contribution >= 0.6 is 0 Å². The number of hydrogen-bond donors (Lipinski definition) is 2. The maximum Gasteiger partial charge on any atom is 0.251 e. The number of amides is 1. The number of nitrogens with two attached hydrogens (primary N) is 1. The molecule has 20 heavy (non-hydrogen) atoms. The highest BCUT2D eigenvalue weighted by Crippen LogP contribution is 2.07. The Hall–Kier alpha value is -2.13. The molecule has 0 aromatic heterocycles. The molecule has 0 atom stereocenters. The monoisotopic (exact) mass is 268 g/mol. The van der Waals surface area contributed by atoms with Crippen LogP contribution in [-0.4, -0.2) is 12.5 Å². The molecular weight excluding hydrogens is 248 g/mol. The molecule has 3 heteroatoms. The van der Waals surface area contributed by atoms with Gasteiger partial charge in [0, 0.05) is 18.7 Å². The summed E-state index contributed by atoms with van der Waals surface area (Å²) in [6.45, 7) is 3.22. The highest BCUT2D eigenvalue weighted by molar-refractivity contribution is 5.94. The van der Waals surface area contributed by atoms with E-state index in [0.29, 0.717) is 18.7 Å². The molecule has 0 heterocycles. The second-order valence-corrected chi connectivity index (χ2v) is 4.83. The van der Waals surface area contributed by atoms with Crippen molar-refractivity contribution in [3.8, 4) is 0 Å². The van der Waals surface area contributed by atoms with Gasteiger partial charge in [0.1, 0.15) is 0 Å². The van der Waals surface area contributed by atoms with E-state index in [4.69, 9.17) is 5.73 Å². The Morgan fingerprint density at radius 2 is 1.80 bits per heavy atom. The van der Waals surface area contributed by atoms with Gasteiger partial charge >= 0.3 is 0 Å². The molecule has 2 rings (SSSR count). The summed E-state index contributed by atoms with van der Waals surface area (Å²) in [5.74, 6) is -0.0397. The van der Waals surface area contributed by atoms with Crippen molar-refractivity contribution in [3.63, 3.8) is 0 Å². The maximum absolute atomic E-state index is 12.0. The summed E-state index contributed by atoms with van der Waals surface area (Å²) in [7, 11) is 0. The fourth-order valence-corrected chi connectivity index (χ4v) is 2.10. The van der Waals surface area contributed by atoms with Crippen LogP contribution in [0.2, 0.25) is 0 Å². The van der Waals surface area contributed by atoms with E-state index in [1.54, 1.807) is 0 Å². The van der Waals surface area contributed by atoms with Crippen LogP contribution < -0.4 is 11.1 Å². The number of carbonyl (C=O) groups excluding carboxylic acids is 1. The van der Waals surface area contributed by atoms with E-state index in [2.05, 4.69) is 24.4 Å². The number of benzene rings is 2. The van der Waals surface area contributed by atoms with Crippen molar-refractivity contribution >= 4 is 5.91 Å². The van der Waals surface area contributed by atoms with Gasteiger partial charge in [-0.1, -0.05) is 36.4 Å². The molecule has 2 aromatic carbocycles. The third-order valence-electron chi connectivity index (χ3n) is 3.39. The molecule has 0 aliphatic rings. The second kappa shape index (κ2) is 6.87. The van der Waals surface area contributed by atoms with Gasteiger partial charge < -0.3 is 11.1 Å². The third kappa shape index (κ3) is 3.68. The standard InChI is InChI=1S/C17H20N2O/c1-13-4-2-3-5-15(13)10-11-19-17(20)16-8-6-14(12-18)7-9-16/h2-9H,10-12,18H2,1H3,(H,19,20). The van der Waals surface area contributed by atoms with E-state index in [1.165, 1.54) is 11.1 Å². The number of rotatable bonds is 5. The van der Waals surface area contributed by atoms with Gasteiger partial charge in [-0.25, -0.2) is 0 Å². The molecule has 1 amide bonds. The highest BCUT2D eigenvalue weighted by Gasteiger charge is 2.05. The van der Waals surface area contributed by atoms with Crippen LogP contribution in [0.25, 0.3) is 0 Å².